The van der Waals surface area contributed by atoms with E-state index >= 15 is 0 Å². The van der Waals surface area contributed by atoms with Crippen molar-refractivity contribution in [1.29, 1.82) is 0 Å². The first-order chi connectivity index (χ1) is 20.0. The van der Waals surface area contributed by atoms with Crippen LogP contribution in [-0.4, -0.2) is 27.5 Å². The van der Waals surface area contributed by atoms with Crippen LogP contribution in [0.1, 0.15) is 21.9 Å². The molecule has 0 bridgehead atoms. The number of fused-ring (bicyclic) bond motifs is 2. The molecular weight excluding hydrogens is 655 g/mol. The van der Waals surface area contributed by atoms with Crippen LogP contribution in [0, 0.1) is 5.92 Å². The Morgan fingerprint density at radius 2 is 1.64 bits per heavy atom. The van der Waals surface area contributed by atoms with Crippen molar-refractivity contribution >= 4 is 68.1 Å². The third-order valence-electron chi connectivity index (χ3n) is 7.07. The van der Waals surface area contributed by atoms with Crippen molar-refractivity contribution in [2.45, 2.75) is 28.9 Å². The van der Waals surface area contributed by atoms with Gasteiger partial charge < -0.3 is 5.32 Å². The maximum absolute atomic E-state index is 13.8. The highest BCUT2D eigenvalue weighted by atomic mass is 79.9. The number of nitrogens with one attached hydrogen (secondary N) is 1. The molecule has 214 valence electrons. The number of nitrogens with zero attached hydrogens (tertiary/aromatic N) is 2. The normalized spacial score (nSPS) is 19.9. The Morgan fingerprint density at radius 1 is 0.929 bits per heavy atom. The van der Waals surface area contributed by atoms with E-state index in [0.29, 0.717) is 15.6 Å². The predicted octanol–water partition coefficient (Wildman–Crippen LogP) is 6.13. The number of thiazole rings is 1. The van der Waals surface area contributed by atoms with E-state index < -0.39 is 52.1 Å². The van der Waals surface area contributed by atoms with Crippen molar-refractivity contribution in [2.75, 3.05) is 10.2 Å². The minimum Gasteiger partial charge on any atom is -0.325 e. The molecule has 13 heteroatoms. The number of aromatic nitrogens is 1. The molecule has 1 N–H and O–H groups in total. The fourth-order valence-corrected chi connectivity index (χ4v) is 8.27. The van der Waals surface area contributed by atoms with Gasteiger partial charge in [-0.1, -0.05) is 75.4 Å². The van der Waals surface area contributed by atoms with Gasteiger partial charge in [0.25, 0.3) is 0 Å². The van der Waals surface area contributed by atoms with Gasteiger partial charge in [0.15, 0.2) is 0 Å². The van der Waals surface area contributed by atoms with Crippen LogP contribution in [0.2, 0.25) is 0 Å². The Labute approximate surface area is 253 Å². The van der Waals surface area contributed by atoms with E-state index in [0.717, 1.165) is 45.3 Å². The smallest absolute Gasteiger partial charge is 0.325 e. The van der Waals surface area contributed by atoms with Gasteiger partial charge in [-0.05, 0) is 48.0 Å². The molecule has 3 heterocycles. The van der Waals surface area contributed by atoms with Crippen molar-refractivity contribution in [3.8, 4) is 0 Å². The van der Waals surface area contributed by atoms with Gasteiger partial charge in [-0.2, -0.15) is 13.2 Å². The first-order valence-corrected chi connectivity index (χ1v) is 15.1. The van der Waals surface area contributed by atoms with Crippen molar-refractivity contribution in [3.05, 3.63) is 109 Å². The Morgan fingerprint density at radius 3 is 2.33 bits per heavy atom. The second-order valence-corrected chi connectivity index (χ2v) is 12.7. The summed E-state index contributed by atoms with van der Waals surface area (Å²) in [5.74, 6) is -2.93. The Bertz CT molecular complexity index is 1770. The van der Waals surface area contributed by atoms with Crippen LogP contribution >= 0.6 is 39.0 Å². The molecule has 7 nitrogen and oxygen atoms in total. The summed E-state index contributed by atoms with van der Waals surface area (Å²) in [6, 6.07) is 20.1. The lowest BCUT2D eigenvalue weighted by Crippen LogP contribution is -2.33. The van der Waals surface area contributed by atoms with Crippen LogP contribution in [0.3, 0.4) is 0 Å². The van der Waals surface area contributed by atoms with Gasteiger partial charge in [0.1, 0.15) is 11.8 Å². The van der Waals surface area contributed by atoms with Gasteiger partial charge in [0.05, 0.1) is 22.2 Å². The van der Waals surface area contributed by atoms with Gasteiger partial charge >= 0.3 is 11.0 Å². The highest BCUT2D eigenvalue weighted by Gasteiger charge is 2.56. The minimum absolute atomic E-state index is 0.0671. The lowest BCUT2D eigenvalue weighted by Gasteiger charge is -2.30. The molecule has 3 unspecified atom stereocenters. The molecule has 1 fully saturated rings. The number of carbonyl (C=O) groups excluding carboxylic acids is 3. The summed E-state index contributed by atoms with van der Waals surface area (Å²) >= 11 is 5.37. The van der Waals surface area contributed by atoms with E-state index in [9.17, 15) is 32.3 Å². The number of anilines is 2. The second kappa shape index (κ2) is 10.9. The van der Waals surface area contributed by atoms with E-state index in [1.807, 2.05) is 24.3 Å². The van der Waals surface area contributed by atoms with Crippen LogP contribution in [0.25, 0.3) is 0 Å². The zero-order valence-corrected chi connectivity index (χ0v) is 24.5. The summed E-state index contributed by atoms with van der Waals surface area (Å²) in [6.45, 7) is -0.483. The first kappa shape index (κ1) is 28.4. The number of carbonyl (C=O) groups is 3. The molecular formula is C29H19BrF3N3O4S2. The van der Waals surface area contributed by atoms with Crippen molar-refractivity contribution in [1.82, 2.24) is 4.57 Å². The number of halogens is 4. The van der Waals surface area contributed by atoms with Gasteiger partial charge in [-0.15, -0.1) is 0 Å². The van der Waals surface area contributed by atoms with Crippen molar-refractivity contribution in [2.24, 2.45) is 5.92 Å². The number of hydrogen-bond acceptors (Lipinski definition) is 6. The molecule has 0 aliphatic carbocycles. The SMILES string of the molecule is O=C(Cn1c2c(sc1=O)C(c1ccc(Br)cc1)C1C(=O)N(c3ccccc3)C(=O)C1S2)Nc1cccc(C(F)(F)F)c1. The molecule has 42 heavy (non-hydrogen) atoms. The van der Waals surface area contributed by atoms with E-state index in [1.165, 1.54) is 21.6 Å². The number of hydrogen-bond donors (Lipinski definition) is 1. The van der Waals surface area contributed by atoms with Crippen LogP contribution in [0.15, 0.2) is 93.2 Å². The number of amides is 3. The van der Waals surface area contributed by atoms with Crippen molar-refractivity contribution < 1.29 is 27.6 Å². The summed E-state index contributed by atoms with van der Waals surface area (Å²) in [5, 5.41) is 1.96. The summed E-state index contributed by atoms with van der Waals surface area (Å²) in [4.78, 5) is 55.0. The summed E-state index contributed by atoms with van der Waals surface area (Å²) < 4.78 is 41.4. The summed E-state index contributed by atoms with van der Waals surface area (Å²) in [7, 11) is 0. The fourth-order valence-electron chi connectivity index (χ4n) is 5.23. The highest BCUT2D eigenvalue weighted by Crippen LogP contribution is 2.54. The average molecular weight is 675 g/mol. The zero-order chi connectivity index (χ0) is 29.8. The molecule has 3 atom stereocenters. The lowest BCUT2D eigenvalue weighted by molar-refractivity contribution is -0.137. The molecule has 2 aliphatic rings. The number of alkyl halides is 3. The molecule has 6 rings (SSSR count). The number of para-hydroxylation sites is 1. The number of benzene rings is 3. The fraction of sp³-hybridized carbons (Fsp3) is 0.172. The third kappa shape index (κ3) is 5.09. The van der Waals surface area contributed by atoms with E-state index in [-0.39, 0.29) is 11.6 Å². The topological polar surface area (TPSA) is 88.5 Å². The van der Waals surface area contributed by atoms with Gasteiger partial charge in [-0.25, -0.2) is 4.90 Å². The van der Waals surface area contributed by atoms with Gasteiger partial charge in [0.2, 0.25) is 17.7 Å². The second-order valence-electron chi connectivity index (χ2n) is 9.69. The molecule has 0 spiro atoms. The molecule has 4 aromatic rings. The van der Waals surface area contributed by atoms with E-state index in [2.05, 4.69) is 21.2 Å². The highest BCUT2D eigenvalue weighted by molar-refractivity contribution is 9.10. The third-order valence-corrected chi connectivity index (χ3v) is 10.2. The molecule has 3 amide bonds. The van der Waals surface area contributed by atoms with Crippen LogP contribution in [-0.2, 0) is 27.1 Å². The number of thioether (sulfide) groups is 1. The van der Waals surface area contributed by atoms with Crippen LogP contribution in [0.4, 0.5) is 24.5 Å². The maximum atomic E-state index is 13.8. The largest absolute Gasteiger partial charge is 0.416 e. The van der Waals surface area contributed by atoms with Crippen molar-refractivity contribution in [3.63, 3.8) is 0 Å². The van der Waals surface area contributed by atoms with E-state index in [4.69, 9.17) is 0 Å². The summed E-state index contributed by atoms with van der Waals surface area (Å²) in [5.41, 5.74) is 0.185. The predicted molar refractivity (Wildman–Crippen MR) is 157 cm³/mol. The number of imide groups is 1. The average Bonchev–Trinajstić information content (AvgIpc) is 3.40. The number of rotatable bonds is 5. The van der Waals surface area contributed by atoms with Crippen LogP contribution in [0.5, 0.6) is 0 Å². The zero-order valence-electron chi connectivity index (χ0n) is 21.3. The molecule has 3 aromatic carbocycles. The van der Waals surface area contributed by atoms with Gasteiger partial charge in [-0.3, -0.25) is 23.7 Å². The summed E-state index contributed by atoms with van der Waals surface area (Å²) in [6.07, 6.45) is -4.59. The molecule has 1 saturated heterocycles. The molecule has 0 radical (unpaired) electrons. The standard InChI is InChI=1S/C29H19BrF3N3O4S2/c30-17-11-9-15(10-12-17)21-22-23(26(39)36(25(22)38)19-7-2-1-3-8-19)41-27-24(21)42-28(40)35(27)14-20(37)34-18-6-4-5-16(13-18)29(31,32)33/h1-13,21-23H,14H2,(H,34,37). The Balaban J connectivity index is 1.37. The quantitative estimate of drug-likeness (QED) is 0.258. The Hall–Kier alpha value is -3.68. The minimum atomic E-state index is -4.59. The maximum Gasteiger partial charge on any atom is 0.416 e. The van der Waals surface area contributed by atoms with Crippen LogP contribution < -0.4 is 15.1 Å². The molecule has 0 saturated carbocycles. The molecule has 2 aliphatic heterocycles. The Kier molecular flexibility index (Phi) is 7.36. The molecule has 1 aromatic heterocycles. The first-order valence-electron chi connectivity index (χ1n) is 12.6. The lowest BCUT2D eigenvalue weighted by atomic mass is 9.83. The van der Waals surface area contributed by atoms with Gasteiger partial charge in [0, 0.05) is 21.0 Å². The monoisotopic (exact) mass is 673 g/mol. The van der Waals surface area contributed by atoms with E-state index in [1.54, 1.807) is 30.3 Å².